The highest BCUT2D eigenvalue weighted by Crippen LogP contribution is 2.41. The van der Waals surface area contributed by atoms with Crippen LogP contribution in [-0.4, -0.2) is 40.6 Å². The molecule has 1 aliphatic rings. The van der Waals surface area contributed by atoms with Gasteiger partial charge in [-0.15, -0.1) is 11.8 Å². The standard InChI is InChI=1S/C21H24N2O5S/c1-4-15-7-9-16(10-8-15)22-19(25)13(2)28-21(26)17-12-29-20(23(17)14(3)24)18-6-5-11-27-18/h5-11,13,17,20H,4,12H2,1-3H3,(H,22,25)/t13-,17+,20-/m1/s1. The molecule has 0 unspecified atom stereocenters. The zero-order chi connectivity index (χ0) is 21.0. The van der Waals surface area contributed by atoms with Gasteiger partial charge in [-0.1, -0.05) is 19.1 Å². The molecule has 2 aromatic rings. The van der Waals surface area contributed by atoms with Crippen LogP contribution >= 0.6 is 11.8 Å². The maximum absolute atomic E-state index is 12.7. The second-order valence-electron chi connectivity index (χ2n) is 6.76. The number of thioether (sulfide) groups is 1. The van der Waals surface area contributed by atoms with Gasteiger partial charge in [0.05, 0.1) is 6.26 Å². The van der Waals surface area contributed by atoms with Gasteiger partial charge in [0, 0.05) is 18.4 Å². The van der Waals surface area contributed by atoms with Gasteiger partial charge in [-0.2, -0.15) is 0 Å². The number of carbonyl (C=O) groups is 3. The Morgan fingerprint density at radius 3 is 2.59 bits per heavy atom. The first kappa shape index (κ1) is 21.0. The summed E-state index contributed by atoms with van der Waals surface area (Å²) in [5.41, 5.74) is 1.80. The highest BCUT2D eigenvalue weighted by atomic mass is 32.2. The predicted octanol–water partition coefficient (Wildman–Crippen LogP) is 3.37. The molecule has 0 radical (unpaired) electrons. The van der Waals surface area contributed by atoms with E-state index in [-0.39, 0.29) is 11.3 Å². The van der Waals surface area contributed by atoms with Crippen LogP contribution in [0.25, 0.3) is 0 Å². The molecule has 0 bridgehead atoms. The number of benzene rings is 1. The van der Waals surface area contributed by atoms with Gasteiger partial charge in [-0.25, -0.2) is 4.79 Å². The summed E-state index contributed by atoms with van der Waals surface area (Å²) in [5.74, 6) is -0.319. The third-order valence-electron chi connectivity index (χ3n) is 4.71. The molecule has 3 atom stereocenters. The molecule has 0 saturated carbocycles. The lowest BCUT2D eigenvalue weighted by Crippen LogP contribution is -2.44. The van der Waals surface area contributed by atoms with E-state index in [0.717, 1.165) is 12.0 Å². The van der Waals surface area contributed by atoms with E-state index in [2.05, 4.69) is 12.2 Å². The van der Waals surface area contributed by atoms with Crippen molar-refractivity contribution in [3.05, 3.63) is 54.0 Å². The normalized spacial score (nSPS) is 19.6. The number of aryl methyl sites for hydroxylation is 1. The van der Waals surface area contributed by atoms with Crippen molar-refractivity contribution < 1.29 is 23.5 Å². The smallest absolute Gasteiger partial charge is 0.330 e. The lowest BCUT2D eigenvalue weighted by molar-refractivity contribution is -0.160. The second-order valence-corrected chi connectivity index (χ2v) is 7.88. The molecule has 3 rings (SSSR count). The van der Waals surface area contributed by atoms with E-state index < -0.39 is 24.0 Å². The third kappa shape index (κ3) is 4.82. The summed E-state index contributed by atoms with van der Waals surface area (Å²) in [6.45, 7) is 4.97. The lowest BCUT2D eigenvalue weighted by atomic mass is 10.1. The second kappa shape index (κ2) is 9.17. The van der Waals surface area contributed by atoms with Crippen LogP contribution in [0.1, 0.15) is 37.5 Å². The maximum atomic E-state index is 12.7. The Balaban J connectivity index is 1.62. The van der Waals surface area contributed by atoms with E-state index in [9.17, 15) is 14.4 Å². The maximum Gasteiger partial charge on any atom is 0.330 e. The van der Waals surface area contributed by atoms with Crippen LogP contribution in [0, 0.1) is 0 Å². The Morgan fingerprint density at radius 2 is 2.00 bits per heavy atom. The number of rotatable bonds is 6. The van der Waals surface area contributed by atoms with Crippen LogP contribution in [0.3, 0.4) is 0 Å². The van der Waals surface area contributed by atoms with Crippen molar-refractivity contribution in [1.29, 1.82) is 0 Å². The van der Waals surface area contributed by atoms with Crippen LogP contribution in [0.4, 0.5) is 5.69 Å². The highest BCUT2D eigenvalue weighted by Gasteiger charge is 2.43. The Bertz CT molecular complexity index is 866. The first-order valence-corrected chi connectivity index (χ1v) is 10.5. The summed E-state index contributed by atoms with van der Waals surface area (Å²) in [6.07, 6.45) is 1.45. The van der Waals surface area contributed by atoms with E-state index in [1.54, 1.807) is 12.1 Å². The van der Waals surface area contributed by atoms with Crippen molar-refractivity contribution >= 4 is 35.2 Å². The third-order valence-corrected chi connectivity index (χ3v) is 6.00. The van der Waals surface area contributed by atoms with Crippen molar-refractivity contribution in [1.82, 2.24) is 4.90 Å². The SMILES string of the molecule is CCc1ccc(NC(=O)[C@@H](C)OC(=O)[C@@H]2CS[C@H](c3ccco3)N2C(C)=O)cc1. The van der Waals surface area contributed by atoms with E-state index in [1.807, 2.05) is 24.3 Å². The fourth-order valence-corrected chi connectivity index (χ4v) is 4.51. The van der Waals surface area contributed by atoms with E-state index in [4.69, 9.17) is 9.15 Å². The number of ether oxygens (including phenoxy) is 1. The number of nitrogens with zero attached hydrogens (tertiary/aromatic N) is 1. The summed E-state index contributed by atoms with van der Waals surface area (Å²) < 4.78 is 10.8. The Morgan fingerprint density at radius 1 is 1.28 bits per heavy atom. The summed E-state index contributed by atoms with van der Waals surface area (Å²) in [5, 5.41) is 2.35. The number of hydrogen-bond acceptors (Lipinski definition) is 6. The topological polar surface area (TPSA) is 88.8 Å². The Labute approximate surface area is 173 Å². The molecule has 8 heteroatoms. The largest absolute Gasteiger partial charge is 0.466 e. The fraction of sp³-hybridized carbons (Fsp3) is 0.381. The first-order chi connectivity index (χ1) is 13.9. The molecular formula is C21H24N2O5S. The molecular weight excluding hydrogens is 392 g/mol. The van der Waals surface area contributed by atoms with Crippen molar-refractivity contribution in [2.45, 2.75) is 44.7 Å². The molecule has 0 spiro atoms. The van der Waals surface area contributed by atoms with Gasteiger partial charge in [0.15, 0.2) is 6.10 Å². The molecule has 1 N–H and O–H groups in total. The summed E-state index contributed by atoms with van der Waals surface area (Å²) in [6, 6.07) is 10.2. The number of hydrogen-bond donors (Lipinski definition) is 1. The van der Waals surface area contributed by atoms with Crippen molar-refractivity contribution in [3.63, 3.8) is 0 Å². The summed E-state index contributed by atoms with van der Waals surface area (Å²) >= 11 is 1.42. The van der Waals surface area contributed by atoms with Crippen LogP contribution in [0.5, 0.6) is 0 Å². The summed E-state index contributed by atoms with van der Waals surface area (Å²) in [4.78, 5) is 38.7. The van der Waals surface area contributed by atoms with Gasteiger partial charge in [0.2, 0.25) is 5.91 Å². The van der Waals surface area contributed by atoms with Crippen molar-refractivity contribution in [2.75, 3.05) is 11.1 Å². The van der Waals surface area contributed by atoms with Gasteiger partial charge in [-0.05, 0) is 43.2 Å². The van der Waals surface area contributed by atoms with Crippen molar-refractivity contribution in [3.8, 4) is 0 Å². The zero-order valence-corrected chi connectivity index (χ0v) is 17.4. The van der Waals surface area contributed by atoms with Gasteiger partial charge < -0.3 is 19.4 Å². The number of esters is 1. The molecule has 1 aromatic carbocycles. The zero-order valence-electron chi connectivity index (χ0n) is 16.6. The number of anilines is 1. The van der Waals surface area contributed by atoms with Gasteiger partial charge >= 0.3 is 5.97 Å². The number of furan rings is 1. The molecule has 29 heavy (non-hydrogen) atoms. The number of nitrogens with one attached hydrogen (secondary N) is 1. The fourth-order valence-electron chi connectivity index (χ4n) is 3.10. The molecule has 0 aliphatic carbocycles. The average molecular weight is 416 g/mol. The predicted molar refractivity (Wildman–Crippen MR) is 110 cm³/mol. The summed E-state index contributed by atoms with van der Waals surface area (Å²) in [7, 11) is 0. The number of carbonyl (C=O) groups excluding carboxylic acids is 3. The Hall–Kier alpha value is -2.74. The van der Waals surface area contributed by atoms with Crippen LogP contribution in [0.2, 0.25) is 0 Å². The van der Waals surface area contributed by atoms with Crippen LogP contribution < -0.4 is 5.32 Å². The monoisotopic (exact) mass is 416 g/mol. The molecule has 2 amide bonds. The molecule has 1 saturated heterocycles. The minimum Gasteiger partial charge on any atom is -0.466 e. The van der Waals surface area contributed by atoms with E-state index in [0.29, 0.717) is 17.2 Å². The minimum absolute atomic E-state index is 0.258. The molecule has 1 fully saturated rings. The molecule has 2 heterocycles. The van der Waals surface area contributed by atoms with Gasteiger partial charge in [0.1, 0.15) is 17.2 Å². The molecule has 1 aliphatic heterocycles. The molecule has 7 nitrogen and oxygen atoms in total. The number of amides is 2. The first-order valence-electron chi connectivity index (χ1n) is 9.45. The van der Waals surface area contributed by atoms with Crippen LogP contribution in [-0.2, 0) is 25.5 Å². The average Bonchev–Trinajstić information content (AvgIpc) is 3.37. The highest BCUT2D eigenvalue weighted by molar-refractivity contribution is 7.99. The van der Waals surface area contributed by atoms with Crippen LogP contribution in [0.15, 0.2) is 47.1 Å². The quantitative estimate of drug-likeness (QED) is 0.727. The van der Waals surface area contributed by atoms with Gasteiger partial charge in [-0.3, -0.25) is 9.59 Å². The van der Waals surface area contributed by atoms with Crippen molar-refractivity contribution in [2.24, 2.45) is 0 Å². The minimum atomic E-state index is -0.991. The lowest BCUT2D eigenvalue weighted by Gasteiger charge is -2.26. The van der Waals surface area contributed by atoms with E-state index in [1.165, 1.54) is 36.8 Å². The van der Waals surface area contributed by atoms with Gasteiger partial charge in [0.25, 0.3) is 5.91 Å². The van der Waals surface area contributed by atoms with E-state index >= 15 is 0 Å². The molecule has 154 valence electrons. The Kier molecular flexibility index (Phi) is 6.64. The molecule has 1 aromatic heterocycles.